The molecule has 0 saturated carbocycles. The molecule has 3 fully saturated rings. The van der Waals surface area contributed by atoms with Gasteiger partial charge in [-0.1, -0.05) is 18.2 Å². The average molecular weight is 232 g/mol. The molecule has 2 heteroatoms. The summed E-state index contributed by atoms with van der Waals surface area (Å²) in [4.78, 5) is 6.88. The number of fused-ring (bicyclic) bond motifs is 4. The van der Waals surface area contributed by atoms with Gasteiger partial charge >= 0.3 is 0 Å². The molecule has 0 N–H and O–H groups in total. The van der Waals surface area contributed by atoms with Gasteiger partial charge in [-0.3, -0.25) is 9.89 Å². The van der Waals surface area contributed by atoms with Gasteiger partial charge in [-0.25, -0.2) is 0 Å². The van der Waals surface area contributed by atoms with E-state index in [9.17, 15) is 0 Å². The minimum absolute atomic E-state index is 0.599. The molecule has 3 rings (SSSR count). The van der Waals surface area contributed by atoms with Crippen LogP contribution in [-0.4, -0.2) is 37.3 Å². The van der Waals surface area contributed by atoms with E-state index < -0.39 is 0 Å². The Balaban J connectivity index is 2.17. The normalized spacial score (nSPS) is 34.7. The van der Waals surface area contributed by atoms with Gasteiger partial charge in [0.25, 0.3) is 0 Å². The van der Waals surface area contributed by atoms with Gasteiger partial charge < -0.3 is 0 Å². The topological polar surface area (TPSA) is 15.6 Å². The van der Waals surface area contributed by atoms with Crippen molar-refractivity contribution in [2.24, 2.45) is 10.9 Å². The van der Waals surface area contributed by atoms with E-state index in [0.717, 1.165) is 5.92 Å². The van der Waals surface area contributed by atoms with E-state index in [1.54, 1.807) is 0 Å². The van der Waals surface area contributed by atoms with E-state index in [-0.39, 0.29) is 0 Å². The van der Waals surface area contributed by atoms with Crippen molar-refractivity contribution in [3.8, 4) is 0 Å². The van der Waals surface area contributed by atoms with E-state index >= 15 is 0 Å². The third-order valence-electron chi connectivity index (χ3n) is 4.08. The summed E-state index contributed by atoms with van der Waals surface area (Å²) in [6.07, 6.45) is 14.0. The van der Waals surface area contributed by atoms with Gasteiger partial charge in [0.2, 0.25) is 0 Å². The van der Waals surface area contributed by atoms with Gasteiger partial charge in [-0.05, 0) is 57.2 Å². The highest BCUT2D eigenvalue weighted by Crippen LogP contribution is 2.32. The first-order valence-electron chi connectivity index (χ1n) is 6.84. The van der Waals surface area contributed by atoms with Crippen molar-refractivity contribution in [3.05, 3.63) is 23.8 Å². The molecule has 0 aromatic heterocycles. The maximum absolute atomic E-state index is 4.22. The molecule has 3 aliphatic heterocycles. The first kappa shape index (κ1) is 12.6. The Hall–Kier alpha value is -0.890. The van der Waals surface area contributed by atoms with E-state index in [1.807, 2.05) is 13.3 Å². The lowest BCUT2D eigenvalue weighted by atomic mass is 9.95. The summed E-state index contributed by atoms with van der Waals surface area (Å²) < 4.78 is 0. The molecule has 3 saturated heterocycles. The molecule has 2 nitrogen and oxygen atoms in total. The van der Waals surface area contributed by atoms with E-state index in [4.69, 9.17) is 0 Å². The molecule has 17 heavy (non-hydrogen) atoms. The van der Waals surface area contributed by atoms with Gasteiger partial charge in [-0.15, -0.1) is 0 Å². The van der Waals surface area contributed by atoms with E-state index in [1.165, 1.54) is 44.3 Å². The fourth-order valence-corrected chi connectivity index (χ4v) is 3.10. The lowest BCUT2D eigenvalue weighted by Crippen LogP contribution is -2.39. The van der Waals surface area contributed by atoms with Crippen molar-refractivity contribution in [2.75, 3.05) is 20.1 Å². The average Bonchev–Trinajstić information content (AvgIpc) is 2.68. The molecular formula is C15H24N2. The zero-order chi connectivity index (χ0) is 12.1. The lowest BCUT2D eigenvalue weighted by molar-refractivity contribution is 0.191. The number of nitrogens with zero attached hydrogens (tertiary/aromatic N) is 2. The fraction of sp³-hybridized carbons (Fsp3) is 0.667. The third kappa shape index (κ3) is 3.06. The second kappa shape index (κ2) is 6.15. The van der Waals surface area contributed by atoms with Crippen LogP contribution >= 0.6 is 0 Å². The fourth-order valence-electron chi connectivity index (χ4n) is 3.10. The minimum atomic E-state index is 0.599. The summed E-state index contributed by atoms with van der Waals surface area (Å²) in [5, 5.41) is 0. The van der Waals surface area contributed by atoms with Crippen LogP contribution < -0.4 is 0 Å². The Morgan fingerprint density at radius 3 is 2.59 bits per heavy atom. The maximum Gasteiger partial charge on any atom is 0.0363 e. The Morgan fingerprint density at radius 1 is 1.18 bits per heavy atom. The molecule has 0 radical (unpaired) electrons. The first-order chi connectivity index (χ1) is 8.35. The quantitative estimate of drug-likeness (QED) is 0.539. The predicted molar refractivity (Wildman–Crippen MR) is 74.6 cm³/mol. The Morgan fingerprint density at radius 2 is 1.94 bits per heavy atom. The van der Waals surface area contributed by atoms with Crippen molar-refractivity contribution < 1.29 is 0 Å². The monoisotopic (exact) mass is 232 g/mol. The zero-order valence-electron chi connectivity index (χ0n) is 11.1. The van der Waals surface area contributed by atoms with Gasteiger partial charge in [0.05, 0.1) is 0 Å². The van der Waals surface area contributed by atoms with Gasteiger partial charge in [0.15, 0.2) is 0 Å². The van der Waals surface area contributed by atoms with E-state index in [2.05, 4.69) is 35.0 Å². The van der Waals surface area contributed by atoms with Crippen molar-refractivity contribution >= 4 is 6.21 Å². The van der Waals surface area contributed by atoms with Gasteiger partial charge in [-0.2, -0.15) is 0 Å². The second-order valence-electron chi connectivity index (χ2n) is 5.15. The third-order valence-corrected chi connectivity index (χ3v) is 4.08. The maximum atomic E-state index is 4.22. The lowest BCUT2D eigenvalue weighted by Gasteiger charge is -2.32. The van der Waals surface area contributed by atoms with Crippen LogP contribution in [0.15, 0.2) is 28.8 Å². The second-order valence-corrected chi connectivity index (χ2v) is 5.15. The van der Waals surface area contributed by atoms with Crippen LogP contribution in [0.5, 0.6) is 0 Å². The van der Waals surface area contributed by atoms with E-state index in [0.29, 0.717) is 6.04 Å². The van der Waals surface area contributed by atoms with Crippen LogP contribution in [0.4, 0.5) is 0 Å². The van der Waals surface area contributed by atoms with Crippen LogP contribution in [-0.2, 0) is 0 Å². The summed E-state index contributed by atoms with van der Waals surface area (Å²) in [6, 6.07) is 0.599. The van der Waals surface area contributed by atoms with Crippen molar-refractivity contribution in [1.82, 2.24) is 4.90 Å². The largest absolute Gasteiger partial charge is 0.296 e. The Labute approximate surface area is 105 Å². The van der Waals surface area contributed by atoms with Gasteiger partial charge in [0.1, 0.15) is 0 Å². The minimum Gasteiger partial charge on any atom is -0.296 e. The van der Waals surface area contributed by atoms with Crippen molar-refractivity contribution in [1.29, 1.82) is 0 Å². The number of aliphatic imine (C=N–C) groups is 1. The molecule has 3 heterocycles. The van der Waals surface area contributed by atoms with Crippen molar-refractivity contribution in [3.63, 3.8) is 0 Å². The number of allylic oxidation sites excluding steroid dienone is 3. The molecule has 1 unspecified atom stereocenters. The molecule has 0 aliphatic carbocycles. The summed E-state index contributed by atoms with van der Waals surface area (Å²) >= 11 is 0. The van der Waals surface area contributed by atoms with Crippen LogP contribution in [0.2, 0.25) is 0 Å². The molecule has 94 valence electrons. The molecule has 0 aromatic carbocycles. The number of hydrogen-bond acceptors (Lipinski definition) is 2. The van der Waals surface area contributed by atoms with Crippen LogP contribution in [0.1, 0.15) is 32.6 Å². The first-order valence-corrected chi connectivity index (χ1v) is 6.84. The summed E-state index contributed by atoms with van der Waals surface area (Å²) in [7, 11) is 1.87. The molecule has 2 bridgehead atoms. The SMILES string of the molecule is C\C=C/C=C(\C=N\C)C1CCC2CCN1CC2. The Kier molecular flexibility index (Phi) is 4.55. The molecule has 0 amide bonds. The predicted octanol–water partition coefficient (Wildman–Crippen LogP) is 3.06. The van der Waals surface area contributed by atoms with Gasteiger partial charge in [0, 0.05) is 19.3 Å². The molecular weight excluding hydrogens is 208 g/mol. The van der Waals surface area contributed by atoms with Crippen LogP contribution in [0.25, 0.3) is 0 Å². The highest BCUT2D eigenvalue weighted by Gasteiger charge is 2.31. The highest BCUT2D eigenvalue weighted by molar-refractivity contribution is 5.80. The smallest absolute Gasteiger partial charge is 0.0363 e. The number of rotatable bonds is 3. The summed E-state index contributed by atoms with van der Waals surface area (Å²) in [5.74, 6) is 0.984. The molecule has 0 aromatic rings. The van der Waals surface area contributed by atoms with Crippen LogP contribution in [0.3, 0.4) is 0 Å². The number of hydrogen-bond donors (Lipinski definition) is 0. The summed E-state index contributed by atoms with van der Waals surface area (Å²) in [5.41, 5.74) is 1.38. The highest BCUT2D eigenvalue weighted by atomic mass is 15.2. The number of piperidine rings is 1. The summed E-state index contributed by atoms with van der Waals surface area (Å²) in [6.45, 7) is 4.62. The molecule has 1 atom stereocenters. The van der Waals surface area contributed by atoms with Crippen LogP contribution in [0, 0.1) is 5.92 Å². The van der Waals surface area contributed by atoms with Crippen molar-refractivity contribution in [2.45, 2.75) is 38.6 Å². The Bertz CT molecular complexity index is 320. The molecule has 3 aliphatic rings. The molecule has 0 spiro atoms. The zero-order valence-corrected chi connectivity index (χ0v) is 11.1. The standard InChI is InChI=1S/C15H24N2/c1-3-4-5-14(12-16-2)15-7-6-13-8-10-17(15)11-9-13/h3-5,12-13,15H,6-11H2,1-2H3/b4-3-,14-5+,16-12+.